The zero-order valence-corrected chi connectivity index (χ0v) is 58.8. The monoisotopic (exact) mass is 1360 g/mol. The molecule has 4 heteroatoms. The number of benzene rings is 16. The smallest absolute Gasteiger partial charge is 0.0725 e. The van der Waals surface area contributed by atoms with Crippen molar-refractivity contribution in [3.8, 4) is 78.1 Å². The van der Waals surface area contributed by atoms with Gasteiger partial charge in [-0.3, -0.25) is 0 Å². The Kier molecular flexibility index (Phi) is 14.6. The van der Waals surface area contributed by atoms with Crippen LogP contribution in [0.5, 0.6) is 0 Å². The van der Waals surface area contributed by atoms with Crippen LogP contribution in [0.1, 0.15) is 34.2 Å². The highest BCUT2D eigenvalue weighted by Gasteiger charge is 2.52. The molecule has 1 unspecified atom stereocenters. The Morgan fingerprint density at radius 3 is 1.21 bits per heavy atom. The summed E-state index contributed by atoms with van der Waals surface area (Å²) >= 11 is 0. The van der Waals surface area contributed by atoms with Gasteiger partial charge in [0.15, 0.2) is 0 Å². The van der Waals surface area contributed by atoms with E-state index in [4.69, 9.17) is 0 Å². The molecule has 4 nitrogen and oxygen atoms in total. The number of hydrogen-bond donors (Lipinski definition) is 0. The third kappa shape index (κ3) is 10.1. The summed E-state index contributed by atoms with van der Waals surface area (Å²) in [6, 6.07) is 144. The Balaban J connectivity index is 0.764. The van der Waals surface area contributed by atoms with Crippen LogP contribution in [0.15, 0.2) is 406 Å². The van der Waals surface area contributed by atoms with E-state index >= 15 is 0 Å². The summed E-state index contributed by atoms with van der Waals surface area (Å²) in [6.45, 7) is 0. The minimum absolute atomic E-state index is 0.0814. The van der Waals surface area contributed by atoms with Gasteiger partial charge in [0.2, 0.25) is 0 Å². The predicted octanol–water partition coefficient (Wildman–Crippen LogP) is 26.9. The lowest BCUT2D eigenvalue weighted by Gasteiger charge is -2.35. The topological polar surface area (TPSA) is 16.3 Å². The van der Waals surface area contributed by atoms with Gasteiger partial charge in [-0.05, 0) is 222 Å². The largest absolute Gasteiger partial charge is 0.334 e. The molecule has 0 bridgehead atoms. The second-order valence-corrected chi connectivity index (χ2v) is 28.6. The number of aromatic nitrogens is 2. The molecular formula is C103H70N4. The standard InChI is InChI=1S/C103H70N4/c1-5-24-69(25-6-1)71-44-54-80(55-45-71)104(82-58-48-73(49-59-82)75-52-62-100-92(66-75)89-34-16-21-42-98(89)106(100)78-28-9-3-10-29-78)84-64-77(86-37-23-41-97-102(86)91-36-15-20-40-96(91)103(97)94-38-18-13-32-87(94)88-33-14-19-39-95(88)103)65-85(68-84)105(81-56-46-72(47-57-81)70-26-7-2-8-27-70)83-60-50-74(51-61-83)76-53-63-101-93(67-76)90-35-17-22-43-99(90)107(101)79-30-11-4-12-31-79/h1-60,62-68,83H,61H2. The third-order valence-corrected chi connectivity index (χ3v) is 22.8. The number of nitrogens with zero attached hydrogens (tertiary/aromatic N) is 4. The normalized spacial score (nSPS) is 13.8. The average molecular weight is 1360 g/mol. The zero-order valence-electron chi connectivity index (χ0n) is 58.8. The van der Waals surface area contributed by atoms with Crippen LogP contribution in [0.4, 0.5) is 28.4 Å². The maximum Gasteiger partial charge on any atom is 0.0725 e. The molecule has 0 radical (unpaired) electrons. The second-order valence-electron chi connectivity index (χ2n) is 28.6. The van der Waals surface area contributed by atoms with Crippen LogP contribution in [-0.2, 0) is 5.41 Å². The molecule has 18 aromatic rings. The van der Waals surface area contributed by atoms with E-state index in [-0.39, 0.29) is 6.04 Å². The Hall–Kier alpha value is -13.8. The van der Waals surface area contributed by atoms with Gasteiger partial charge in [0.05, 0.1) is 33.5 Å². The molecule has 2 heterocycles. The lowest BCUT2D eigenvalue weighted by atomic mass is 9.70. The van der Waals surface area contributed by atoms with Gasteiger partial charge in [-0.2, -0.15) is 0 Å². The van der Waals surface area contributed by atoms with Crippen LogP contribution in [0.25, 0.3) is 127 Å². The van der Waals surface area contributed by atoms with Crippen molar-refractivity contribution in [3.05, 3.63) is 434 Å². The molecule has 2 aromatic heterocycles. The fourth-order valence-electron chi connectivity index (χ4n) is 18.1. The minimum Gasteiger partial charge on any atom is -0.334 e. The summed E-state index contributed by atoms with van der Waals surface area (Å²) in [5, 5.41) is 4.94. The fourth-order valence-corrected chi connectivity index (χ4v) is 18.1. The van der Waals surface area contributed by atoms with Crippen molar-refractivity contribution >= 4 is 77.6 Å². The van der Waals surface area contributed by atoms with E-state index in [0.717, 1.165) is 68.5 Å². The molecule has 107 heavy (non-hydrogen) atoms. The molecule has 0 saturated carbocycles. The molecule has 1 spiro atoms. The van der Waals surface area contributed by atoms with Crippen LogP contribution in [0.2, 0.25) is 0 Å². The maximum absolute atomic E-state index is 2.61. The number of hydrogen-bond acceptors (Lipinski definition) is 2. The van der Waals surface area contributed by atoms with E-state index in [1.54, 1.807) is 0 Å². The molecule has 3 aliphatic carbocycles. The molecule has 502 valence electrons. The lowest BCUT2D eigenvalue weighted by Crippen LogP contribution is -2.30. The third-order valence-electron chi connectivity index (χ3n) is 22.8. The van der Waals surface area contributed by atoms with E-state index in [0.29, 0.717) is 0 Å². The molecule has 0 saturated heterocycles. The number of para-hydroxylation sites is 4. The summed E-state index contributed by atoms with van der Waals surface area (Å²) in [4.78, 5) is 5.09. The zero-order chi connectivity index (χ0) is 70.5. The number of allylic oxidation sites excluding steroid dienone is 2. The molecule has 1 atom stereocenters. The maximum atomic E-state index is 2.61. The number of fused-ring (bicyclic) bond motifs is 16. The lowest BCUT2D eigenvalue weighted by molar-refractivity contribution is 0.787. The van der Waals surface area contributed by atoms with Crippen molar-refractivity contribution < 1.29 is 0 Å². The summed E-state index contributed by atoms with van der Waals surface area (Å²) in [7, 11) is 0. The Labute approximate surface area is 622 Å². The van der Waals surface area contributed by atoms with Crippen molar-refractivity contribution in [2.24, 2.45) is 0 Å². The van der Waals surface area contributed by atoms with Crippen molar-refractivity contribution in [1.82, 2.24) is 9.13 Å². The molecule has 0 fully saturated rings. The SMILES string of the molecule is C1=CC(N(c2ccc(-c3ccccc3)cc2)c2cc(-c3cccc4c3-c3ccccc3C43c4ccccc4-c4ccccc43)cc(N(c3ccc(-c4ccccc4)cc3)c3ccc(-c4ccc5c(c4)c4ccccc4n5-c4ccccc4)cc3)c2)CC=C1c1ccc2c(c1)c1ccccc1n2-c1ccccc1. The summed E-state index contributed by atoms with van der Waals surface area (Å²) in [6.07, 6.45) is 8.06. The van der Waals surface area contributed by atoms with Gasteiger partial charge in [0.1, 0.15) is 0 Å². The van der Waals surface area contributed by atoms with Crippen molar-refractivity contribution in [2.75, 3.05) is 9.80 Å². The van der Waals surface area contributed by atoms with Crippen LogP contribution < -0.4 is 9.80 Å². The highest BCUT2D eigenvalue weighted by atomic mass is 15.2. The Morgan fingerprint density at radius 1 is 0.262 bits per heavy atom. The molecule has 0 N–H and O–H groups in total. The van der Waals surface area contributed by atoms with E-state index in [2.05, 4.69) is 425 Å². The van der Waals surface area contributed by atoms with Crippen LogP contribution in [0, 0.1) is 0 Å². The van der Waals surface area contributed by atoms with Crippen LogP contribution in [-0.4, -0.2) is 15.2 Å². The van der Waals surface area contributed by atoms with Gasteiger partial charge in [-0.15, -0.1) is 0 Å². The minimum atomic E-state index is -0.527. The second kappa shape index (κ2) is 25.3. The molecule has 16 aromatic carbocycles. The van der Waals surface area contributed by atoms with Gasteiger partial charge in [0, 0.05) is 61.4 Å². The van der Waals surface area contributed by atoms with Crippen molar-refractivity contribution in [1.29, 1.82) is 0 Å². The van der Waals surface area contributed by atoms with E-state index < -0.39 is 5.41 Å². The number of anilines is 5. The molecule has 3 aliphatic rings. The van der Waals surface area contributed by atoms with E-state index in [1.807, 2.05) is 0 Å². The Bertz CT molecular complexity index is 6520. The highest BCUT2D eigenvalue weighted by Crippen LogP contribution is 2.64. The quantitative estimate of drug-likeness (QED) is 0.114. The molecule has 21 rings (SSSR count). The number of rotatable bonds is 13. The summed E-state index contributed by atoms with van der Waals surface area (Å²) < 4.78 is 4.79. The first-order valence-electron chi connectivity index (χ1n) is 37.2. The predicted molar refractivity (Wildman–Crippen MR) is 448 cm³/mol. The first-order valence-corrected chi connectivity index (χ1v) is 37.2. The molecule has 0 aliphatic heterocycles. The fraction of sp³-hybridized carbons (Fsp3) is 0.0291. The van der Waals surface area contributed by atoms with Crippen LogP contribution >= 0.6 is 0 Å². The van der Waals surface area contributed by atoms with Crippen molar-refractivity contribution in [3.63, 3.8) is 0 Å². The van der Waals surface area contributed by atoms with E-state index in [9.17, 15) is 0 Å². The van der Waals surface area contributed by atoms with E-state index in [1.165, 1.54) is 122 Å². The first-order chi connectivity index (χ1) is 53.1. The Morgan fingerprint density at radius 2 is 0.664 bits per heavy atom. The average Bonchev–Trinajstić information content (AvgIpc) is 1.51. The van der Waals surface area contributed by atoms with Crippen LogP contribution in [0.3, 0.4) is 0 Å². The van der Waals surface area contributed by atoms with Crippen molar-refractivity contribution in [2.45, 2.75) is 17.9 Å². The van der Waals surface area contributed by atoms with Gasteiger partial charge < -0.3 is 18.9 Å². The molecule has 0 amide bonds. The van der Waals surface area contributed by atoms with Gasteiger partial charge in [0.25, 0.3) is 0 Å². The highest BCUT2D eigenvalue weighted by molar-refractivity contribution is 6.12. The summed E-state index contributed by atoms with van der Waals surface area (Å²) in [5.74, 6) is 0. The summed E-state index contributed by atoms with van der Waals surface area (Å²) in [5.41, 5.74) is 33.9. The van der Waals surface area contributed by atoms with Gasteiger partial charge >= 0.3 is 0 Å². The first kappa shape index (κ1) is 61.8. The van der Waals surface area contributed by atoms with Gasteiger partial charge in [-0.25, -0.2) is 0 Å². The van der Waals surface area contributed by atoms with Gasteiger partial charge in [-0.1, -0.05) is 291 Å². The molecular weight excluding hydrogens is 1290 g/mol.